The van der Waals surface area contributed by atoms with Crippen LogP contribution in [-0.2, 0) is 33.6 Å². The summed E-state index contributed by atoms with van der Waals surface area (Å²) in [7, 11) is 0. The Morgan fingerprint density at radius 2 is 1.68 bits per heavy atom. The second kappa shape index (κ2) is 10.0. The molecule has 2 aromatic rings. The van der Waals surface area contributed by atoms with Crippen molar-refractivity contribution >= 4 is 26.3 Å². The number of aryl methyl sites for hydroxylation is 1. The molecule has 0 aromatic heterocycles. The monoisotopic (exact) mass is 441 g/mol. The summed E-state index contributed by atoms with van der Waals surface area (Å²) in [4.78, 5) is 25.4. The average Bonchev–Trinajstić information content (AvgIpc) is 3.08. The topological polar surface area (TPSA) is 55.4 Å². The van der Waals surface area contributed by atoms with E-state index in [1.807, 2.05) is 37.3 Å². The molecule has 0 fully saturated rings. The van der Waals surface area contributed by atoms with E-state index < -0.39 is 20.0 Å². The van der Waals surface area contributed by atoms with Gasteiger partial charge < -0.3 is 0 Å². The molecule has 0 spiro atoms. The average molecular weight is 441 g/mol. The summed E-state index contributed by atoms with van der Waals surface area (Å²) in [6, 6.07) is 18.5. The third kappa shape index (κ3) is 5.33. The molecule has 0 bridgehead atoms. The summed E-state index contributed by atoms with van der Waals surface area (Å²) in [5, 5.41) is 3.27. The fourth-order valence-corrected chi connectivity index (χ4v) is 6.85. The van der Waals surface area contributed by atoms with Crippen LogP contribution in [0.3, 0.4) is 0 Å². The molecule has 0 saturated heterocycles. The third-order valence-corrected chi connectivity index (χ3v) is 8.23. The number of fused-ring (bicyclic) bond motifs is 1. The number of carbonyl (C=O) groups is 2. The first-order valence-electron chi connectivity index (χ1n) is 9.92. The molecular formula is C23H28AsNO3. The van der Waals surface area contributed by atoms with E-state index in [1.165, 1.54) is 16.7 Å². The Kier molecular flexibility index (Phi) is 7.47. The van der Waals surface area contributed by atoms with E-state index in [2.05, 4.69) is 29.6 Å². The number of hydrogen-bond donors (Lipinski definition) is 1. The van der Waals surface area contributed by atoms with Crippen LogP contribution in [0.2, 0.25) is 4.20 Å². The van der Waals surface area contributed by atoms with Crippen LogP contribution in [0, 0.1) is 0 Å². The molecule has 1 aliphatic rings. The van der Waals surface area contributed by atoms with Gasteiger partial charge in [-0.3, -0.25) is 0 Å². The molecule has 28 heavy (non-hydrogen) atoms. The summed E-state index contributed by atoms with van der Waals surface area (Å²) in [6.45, 7) is 3.34. The predicted molar refractivity (Wildman–Crippen MR) is 113 cm³/mol. The van der Waals surface area contributed by atoms with Gasteiger partial charge in [0, 0.05) is 0 Å². The molecule has 1 N–H and O–H groups in total. The van der Waals surface area contributed by atoms with Gasteiger partial charge in [0.1, 0.15) is 0 Å². The molecule has 5 heteroatoms. The Morgan fingerprint density at radius 3 is 2.32 bits per heavy atom. The van der Waals surface area contributed by atoms with Crippen molar-refractivity contribution in [3.8, 4) is 0 Å². The van der Waals surface area contributed by atoms with Gasteiger partial charge >= 0.3 is 174 Å². The van der Waals surface area contributed by atoms with E-state index in [1.54, 1.807) is 0 Å². The Morgan fingerprint density at radius 1 is 1.04 bits per heavy atom. The number of esters is 1. The Labute approximate surface area is 173 Å². The van der Waals surface area contributed by atoms with Gasteiger partial charge in [-0.25, -0.2) is 0 Å². The van der Waals surface area contributed by atoms with Crippen LogP contribution in [0.25, 0.3) is 0 Å². The minimum atomic E-state index is -1.14. The first-order chi connectivity index (χ1) is 13.6. The van der Waals surface area contributed by atoms with Crippen molar-refractivity contribution in [2.45, 2.75) is 36.8 Å². The number of nitrogens with one attached hydrogen (secondary N) is 1. The summed E-state index contributed by atoms with van der Waals surface area (Å²) < 4.78 is 4.95. The van der Waals surface area contributed by atoms with Gasteiger partial charge in [0.15, 0.2) is 0 Å². The molecule has 2 aromatic carbocycles. The SMILES string of the molecule is CCOC(=O)C1([AsH]C(=O)CNCCCc2ccccc2)Cc2ccccc2C1. The van der Waals surface area contributed by atoms with E-state index in [0.29, 0.717) is 26.0 Å². The van der Waals surface area contributed by atoms with Crippen molar-refractivity contribution in [2.24, 2.45) is 0 Å². The summed E-state index contributed by atoms with van der Waals surface area (Å²) in [5.74, 6) is -0.191. The molecular weight excluding hydrogens is 413 g/mol. The number of ether oxygens (including phenoxy) is 1. The van der Waals surface area contributed by atoms with Crippen LogP contribution >= 0.6 is 0 Å². The Bertz CT molecular complexity index is 782. The fourth-order valence-electron chi connectivity index (χ4n) is 3.74. The van der Waals surface area contributed by atoms with Gasteiger partial charge in [-0.1, -0.05) is 0 Å². The van der Waals surface area contributed by atoms with Crippen LogP contribution < -0.4 is 5.32 Å². The van der Waals surface area contributed by atoms with Gasteiger partial charge in [-0.15, -0.1) is 0 Å². The van der Waals surface area contributed by atoms with Crippen LogP contribution in [-0.4, -0.2) is 46.0 Å². The molecule has 0 radical (unpaired) electrons. The van der Waals surface area contributed by atoms with Gasteiger partial charge in [0.05, 0.1) is 0 Å². The Hall–Kier alpha value is -1.90. The molecule has 1 unspecified atom stereocenters. The van der Waals surface area contributed by atoms with Gasteiger partial charge in [0.2, 0.25) is 0 Å². The number of benzene rings is 2. The van der Waals surface area contributed by atoms with Crippen molar-refractivity contribution in [2.75, 3.05) is 19.7 Å². The zero-order valence-electron chi connectivity index (χ0n) is 16.4. The second-order valence-corrected chi connectivity index (χ2v) is 10.9. The van der Waals surface area contributed by atoms with Crippen LogP contribution in [0.1, 0.15) is 30.0 Å². The van der Waals surface area contributed by atoms with Crippen LogP contribution in [0.4, 0.5) is 0 Å². The predicted octanol–water partition coefficient (Wildman–Crippen LogP) is 2.69. The summed E-state index contributed by atoms with van der Waals surface area (Å²) in [6.07, 6.45) is 3.27. The summed E-state index contributed by atoms with van der Waals surface area (Å²) in [5.41, 5.74) is 3.68. The van der Waals surface area contributed by atoms with E-state index >= 15 is 0 Å². The van der Waals surface area contributed by atoms with E-state index in [-0.39, 0.29) is 10.5 Å². The number of carbonyl (C=O) groups excluding carboxylic acids is 2. The van der Waals surface area contributed by atoms with Crippen molar-refractivity contribution < 1.29 is 14.3 Å². The fraction of sp³-hybridized carbons (Fsp3) is 0.391. The van der Waals surface area contributed by atoms with Crippen molar-refractivity contribution in [3.05, 3.63) is 71.3 Å². The number of rotatable bonds is 10. The Balaban J connectivity index is 1.50. The maximum absolute atomic E-state index is 12.7. The van der Waals surface area contributed by atoms with Crippen LogP contribution in [0.5, 0.6) is 0 Å². The molecule has 0 amide bonds. The molecule has 0 saturated carbocycles. The first-order valence-corrected chi connectivity index (χ1v) is 12.0. The first kappa shape index (κ1) is 20.8. The quantitative estimate of drug-likeness (QED) is 0.350. The zero-order chi connectivity index (χ0) is 19.8. The van der Waals surface area contributed by atoms with Crippen molar-refractivity contribution in [1.82, 2.24) is 5.32 Å². The van der Waals surface area contributed by atoms with Crippen molar-refractivity contribution in [3.63, 3.8) is 0 Å². The second-order valence-electron chi connectivity index (χ2n) is 7.24. The molecule has 0 aliphatic heterocycles. The maximum atomic E-state index is 12.7. The molecule has 148 valence electrons. The van der Waals surface area contributed by atoms with Gasteiger partial charge in [-0.05, 0) is 0 Å². The third-order valence-electron chi connectivity index (χ3n) is 5.10. The molecule has 3 rings (SSSR count). The van der Waals surface area contributed by atoms with E-state index in [4.69, 9.17) is 4.74 Å². The summed E-state index contributed by atoms with van der Waals surface area (Å²) >= 11 is -1.14. The molecule has 1 atom stereocenters. The van der Waals surface area contributed by atoms with E-state index in [0.717, 1.165) is 19.4 Å². The van der Waals surface area contributed by atoms with Crippen molar-refractivity contribution in [1.29, 1.82) is 0 Å². The zero-order valence-corrected chi connectivity index (χ0v) is 18.5. The van der Waals surface area contributed by atoms with E-state index in [9.17, 15) is 9.59 Å². The molecule has 4 nitrogen and oxygen atoms in total. The normalized spacial score (nSPS) is 14.9. The van der Waals surface area contributed by atoms with Gasteiger partial charge in [-0.2, -0.15) is 0 Å². The number of hydrogen-bond acceptors (Lipinski definition) is 4. The van der Waals surface area contributed by atoms with Crippen LogP contribution in [0.15, 0.2) is 54.6 Å². The molecule has 0 heterocycles. The minimum absolute atomic E-state index is 0.191. The molecule has 1 aliphatic carbocycles. The van der Waals surface area contributed by atoms with Gasteiger partial charge in [0.25, 0.3) is 0 Å². The standard InChI is InChI=1S/C23H28AsNO3/c1-2-28-22(27)23(15-19-12-6-7-13-20(19)16-23)24-21(26)17-25-14-8-11-18-9-4-3-5-10-18/h3-7,9-10,12-13,24-25H,2,8,11,14-17H2,1H3.